The van der Waals surface area contributed by atoms with Crippen molar-refractivity contribution in [2.24, 2.45) is 0 Å². The van der Waals surface area contributed by atoms with Crippen molar-refractivity contribution in [1.29, 1.82) is 0 Å². The standard InChI is InChI=1S/C13H8BrNO2/c14-9-5-6-10(15-7-9)13-8-16-11-3-1-2-4-12(11)17-13/h1-8H. The second-order valence-electron chi connectivity index (χ2n) is 3.51. The van der Waals surface area contributed by atoms with Crippen LogP contribution in [0.2, 0.25) is 0 Å². The minimum atomic E-state index is 0.608. The number of ether oxygens (including phenoxy) is 2. The Kier molecular flexibility index (Phi) is 2.57. The third-order valence-corrected chi connectivity index (χ3v) is 2.81. The maximum atomic E-state index is 5.72. The highest BCUT2D eigenvalue weighted by atomic mass is 79.9. The van der Waals surface area contributed by atoms with Gasteiger partial charge in [0.2, 0.25) is 0 Å². The maximum absolute atomic E-state index is 5.72. The third-order valence-electron chi connectivity index (χ3n) is 2.34. The lowest BCUT2D eigenvalue weighted by Gasteiger charge is -2.17. The first-order valence-electron chi connectivity index (χ1n) is 5.08. The van der Waals surface area contributed by atoms with Crippen LogP contribution in [0.1, 0.15) is 5.69 Å². The lowest BCUT2D eigenvalue weighted by Crippen LogP contribution is -2.05. The monoisotopic (exact) mass is 289 g/mol. The second kappa shape index (κ2) is 4.22. The summed E-state index contributed by atoms with van der Waals surface area (Å²) in [6.07, 6.45) is 3.29. The van der Waals surface area contributed by atoms with Crippen molar-refractivity contribution in [3.05, 3.63) is 59.0 Å². The van der Waals surface area contributed by atoms with Gasteiger partial charge in [0.05, 0.1) is 0 Å². The van der Waals surface area contributed by atoms with Gasteiger partial charge in [0.15, 0.2) is 17.3 Å². The Morgan fingerprint density at radius 1 is 1.00 bits per heavy atom. The van der Waals surface area contributed by atoms with Crippen molar-refractivity contribution in [3.8, 4) is 11.5 Å². The number of nitrogens with zero attached hydrogens (tertiary/aromatic N) is 1. The van der Waals surface area contributed by atoms with E-state index in [0.717, 1.165) is 10.2 Å². The number of hydrogen-bond donors (Lipinski definition) is 0. The van der Waals surface area contributed by atoms with E-state index in [1.54, 1.807) is 12.5 Å². The lowest BCUT2D eigenvalue weighted by molar-refractivity contribution is 0.382. The molecule has 1 aromatic heterocycles. The van der Waals surface area contributed by atoms with Crippen LogP contribution >= 0.6 is 15.9 Å². The Balaban J connectivity index is 1.93. The zero-order chi connectivity index (χ0) is 11.7. The van der Waals surface area contributed by atoms with Crippen molar-refractivity contribution in [1.82, 2.24) is 4.98 Å². The molecule has 0 saturated carbocycles. The van der Waals surface area contributed by atoms with Crippen LogP contribution in [0.15, 0.2) is 53.3 Å². The molecule has 0 radical (unpaired) electrons. The molecule has 0 atom stereocenters. The number of halogens is 1. The fourth-order valence-electron chi connectivity index (χ4n) is 1.53. The molecule has 0 fully saturated rings. The van der Waals surface area contributed by atoms with E-state index in [-0.39, 0.29) is 0 Å². The molecule has 0 saturated heterocycles. The van der Waals surface area contributed by atoms with E-state index in [0.29, 0.717) is 17.3 Å². The van der Waals surface area contributed by atoms with Crippen LogP contribution in [0.25, 0.3) is 5.76 Å². The third kappa shape index (κ3) is 2.03. The molecule has 3 nitrogen and oxygen atoms in total. The van der Waals surface area contributed by atoms with Crippen LogP contribution in [0.4, 0.5) is 0 Å². The molecule has 0 aliphatic carbocycles. The first kappa shape index (κ1) is 10.4. The highest BCUT2D eigenvalue weighted by Gasteiger charge is 2.15. The highest BCUT2D eigenvalue weighted by Crippen LogP contribution is 2.34. The van der Waals surface area contributed by atoms with Crippen molar-refractivity contribution < 1.29 is 9.47 Å². The van der Waals surface area contributed by atoms with Gasteiger partial charge < -0.3 is 9.47 Å². The van der Waals surface area contributed by atoms with E-state index in [9.17, 15) is 0 Å². The van der Waals surface area contributed by atoms with E-state index >= 15 is 0 Å². The molecule has 1 aliphatic rings. The molecule has 0 amide bonds. The van der Waals surface area contributed by atoms with Gasteiger partial charge in [-0.2, -0.15) is 0 Å². The number of hydrogen-bond acceptors (Lipinski definition) is 3. The highest BCUT2D eigenvalue weighted by molar-refractivity contribution is 9.10. The van der Waals surface area contributed by atoms with Gasteiger partial charge in [-0.15, -0.1) is 0 Å². The first-order chi connectivity index (χ1) is 8.33. The van der Waals surface area contributed by atoms with Gasteiger partial charge in [-0.25, -0.2) is 0 Å². The summed E-state index contributed by atoms with van der Waals surface area (Å²) in [7, 11) is 0. The molecule has 0 bridgehead atoms. The van der Waals surface area contributed by atoms with Crippen molar-refractivity contribution in [3.63, 3.8) is 0 Å². The quantitative estimate of drug-likeness (QED) is 0.804. The predicted molar refractivity (Wildman–Crippen MR) is 67.6 cm³/mol. The average Bonchev–Trinajstić information content (AvgIpc) is 2.39. The van der Waals surface area contributed by atoms with Crippen LogP contribution in [-0.2, 0) is 0 Å². The first-order valence-corrected chi connectivity index (χ1v) is 5.88. The normalized spacial score (nSPS) is 13.1. The largest absolute Gasteiger partial charge is 0.457 e. The summed E-state index contributed by atoms with van der Waals surface area (Å²) in [5.74, 6) is 2.03. The molecular formula is C13H8BrNO2. The molecule has 2 heterocycles. The van der Waals surface area contributed by atoms with Crippen molar-refractivity contribution >= 4 is 21.7 Å². The number of fused-ring (bicyclic) bond motifs is 1. The molecule has 2 aromatic rings. The van der Waals surface area contributed by atoms with Gasteiger partial charge in [0.1, 0.15) is 12.0 Å². The predicted octanol–water partition coefficient (Wildman–Crippen LogP) is 3.61. The molecule has 0 N–H and O–H groups in total. The second-order valence-corrected chi connectivity index (χ2v) is 4.43. The topological polar surface area (TPSA) is 31.4 Å². The number of pyridine rings is 1. The van der Waals surface area contributed by atoms with Crippen LogP contribution in [0, 0.1) is 0 Å². The molecule has 1 aliphatic heterocycles. The van der Waals surface area contributed by atoms with E-state index in [1.807, 2.05) is 36.4 Å². The van der Waals surface area contributed by atoms with Crippen LogP contribution in [0.5, 0.6) is 11.5 Å². The molecular weight excluding hydrogens is 282 g/mol. The van der Waals surface area contributed by atoms with Gasteiger partial charge in [-0.3, -0.25) is 4.98 Å². The van der Waals surface area contributed by atoms with Gasteiger partial charge >= 0.3 is 0 Å². The fourth-order valence-corrected chi connectivity index (χ4v) is 1.76. The minimum Gasteiger partial charge on any atom is -0.457 e. The molecule has 17 heavy (non-hydrogen) atoms. The summed E-state index contributed by atoms with van der Waals surface area (Å²) >= 11 is 3.34. The van der Waals surface area contributed by atoms with Crippen LogP contribution in [-0.4, -0.2) is 4.98 Å². The van der Waals surface area contributed by atoms with Crippen LogP contribution < -0.4 is 9.47 Å². The van der Waals surface area contributed by atoms with Gasteiger partial charge in [-0.1, -0.05) is 12.1 Å². The van der Waals surface area contributed by atoms with Gasteiger partial charge in [-0.05, 0) is 40.2 Å². The van der Waals surface area contributed by atoms with Crippen molar-refractivity contribution in [2.45, 2.75) is 0 Å². The fraction of sp³-hybridized carbons (Fsp3) is 0. The van der Waals surface area contributed by atoms with Gasteiger partial charge in [0.25, 0.3) is 0 Å². The number of aromatic nitrogens is 1. The number of benzene rings is 1. The Hall–Kier alpha value is -1.81. The smallest absolute Gasteiger partial charge is 0.188 e. The molecule has 84 valence electrons. The Morgan fingerprint density at radius 3 is 2.59 bits per heavy atom. The van der Waals surface area contributed by atoms with Crippen molar-refractivity contribution in [2.75, 3.05) is 0 Å². The Morgan fingerprint density at radius 2 is 1.82 bits per heavy atom. The summed E-state index contributed by atoms with van der Waals surface area (Å²) in [5, 5.41) is 0. The van der Waals surface area contributed by atoms with E-state index in [4.69, 9.17) is 9.47 Å². The zero-order valence-corrected chi connectivity index (χ0v) is 10.3. The summed E-state index contributed by atoms with van der Waals surface area (Å²) in [6.45, 7) is 0. The minimum absolute atomic E-state index is 0.608. The summed E-state index contributed by atoms with van der Waals surface area (Å²) in [6, 6.07) is 11.3. The number of para-hydroxylation sites is 2. The maximum Gasteiger partial charge on any atom is 0.188 e. The van der Waals surface area contributed by atoms with Crippen LogP contribution in [0.3, 0.4) is 0 Å². The Labute approximate surface area is 107 Å². The molecule has 0 unspecified atom stereocenters. The molecule has 3 rings (SSSR count). The Bertz CT molecular complexity index is 578. The summed E-state index contributed by atoms with van der Waals surface area (Å²) in [5.41, 5.74) is 0.739. The molecule has 4 heteroatoms. The van der Waals surface area contributed by atoms with Gasteiger partial charge in [0, 0.05) is 10.7 Å². The van der Waals surface area contributed by atoms with E-state index in [2.05, 4.69) is 20.9 Å². The zero-order valence-electron chi connectivity index (χ0n) is 8.76. The molecule has 1 aromatic carbocycles. The number of rotatable bonds is 1. The summed E-state index contributed by atoms with van der Waals surface area (Å²) in [4.78, 5) is 4.25. The average molecular weight is 290 g/mol. The molecule has 0 spiro atoms. The summed E-state index contributed by atoms with van der Waals surface area (Å²) < 4.78 is 12.1. The SMILES string of the molecule is Brc1ccc(C2=COc3ccccc3O2)nc1. The van der Waals surface area contributed by atoms with E-state index < -0.39 is 0 Å². The lowest BCUT2D eigenvalue weighted by atomic mass is 10.2. The van der Waals surface area contributed by atoms with E-state index in [1.165, 1.54) is 0 Å².